The van der Waals surface area contributed by atoms with Gasteiger partial charge >= 0.3 is 0 Å². The van der Waals surface area contributed by atoms with Gasteiger partial charge in [0.05, 0.1) is 11.9 Å². The molecule has 4 nitrogen and oxygen atoms in total. The highest BCUT2D eigenvalue weighted by atomic mass is 19.1. The number of rotatable bonds is 5. The molecule has 4 rings (SSSR count). The maximum absolute atomic E-state index is 13.6. The first-order valence-electron chi connectivity index (χ1n) is 9.48. The molecule has 1 aliphatic heterocycles. The van der Waals surface area contributed by atoms with Gasteiger partial charge in [0.2, 0.25) is 0 Å². The minimum atomic E-state index is -0.252. The number of fused-ring (bicyclic) bond motifs is 1. The maximum Gasteiger partial charge on any atom is 0.269 e. The van der Waals surface area contributed by atoms with Gasteiger partial charge in [0.15, 0.2) is 0 Å². The third-order valence-electron chi connectivity index (χ3n) is 5.10. The Hall–Kier alpha value is -3.21. The summed E-state index contributed by atoms with van der Waals surface area (Å²) >= 11 is 0. The normalized spacial score (nSPS) is 15.4. The molecule has 1 aliphatic rings. The molecule has 0 saturated carbocycles. The van der Waals surface area contributed by atoms with Gasteiger partial charge in [0.25, 0.3) is 5.91 Å². The van der Waals surface area contributed by atoms with E-state index in [1.165, 1.54) is 17.3 Å². The number of benzene rings is 2. The second-order valence-electron chi connectivity index (χ2n) is 7.05. The van der Waals surface area contributed by atoms with Crippen molar-refractivity contribution < 1.29 is 9.18 Å². The number of pyridine rings is 1. The number of hydrogen-bond donors (Lipinski definition) is 1. The highest BCUT2D eigenvalue weighted by Gasteiger charge is 2.27. The Balaban J connectivity index is 1.41. The number of carbonyl (C=O) groups excluding carboxylic acids is 1. The monoisotopic (exact) mass is 375 g/mol. The quantitative estimate of drug-likeness (QED) is 0.724. The van der Waals surface area contributed by atoms with Gasteiger partial charge < -0.3 is 10.2 Å². The molecule has 5 heteroatoms. The number of hydrogen-bond acceptors (Lipinski definition) is 3. The molecule has 0 radical (unpaired) electrons. The highest BCUT2D eigenvalue weighted by molar-refractivity contribution is 5.92. The van der Waals surface area contributed by atoms with E-state index in [0.29, 0.717) is 30.3 Å². The van der Waals surface area contributed by atoms with Gasteiger partial charge in [-0.25, -0.2) is 9.37 Å². The number of carbonyl (C=O) groups is 1. The number of anilines is 2. The van der Waals surface area contributed by atoms with Crippen molar-refractivity contribution in [2.24, 2.45) is 0 Å². The van der Waals surface area contributed by atoms with Crippen LogP contribution in [0.4, 0.5) is 15.8 Å². The van der Waals surface area contributed by atoms with E-state index in [2.05, 4.69) is 40.3 Å². The summed E-state index contributed by atoms with van der Waals surface area (Å²) in [7, 11) is 0. The third kappa shape index (κ3) is 3.60. The molecule has 0 saturated heterocycles. The molecule has 3 aromatic rings. The van der Waals surface area contributed by atoms with Crippen LogP contribution in [0.5, 0.6) is 0 Å². The van der Waals surface area contributed by atoms with E-state index in [9.17, 15) is 9.18 Å². The molecule has 0 spiro atoms. The predicted octanol–water partition coefficient (Wildman–Crippen LogP) is 4.28. The number of amides is 1. The largest absolute Gasteiger partial charge is 0.350 e. The molecule has 1 aromatic heterocycles. The Morgan fingerprint density at radius 1 is 1.14 bits per heavy atom. The second kappa shape index (κ2) is 7.80. The number of nitrogens with one attached hydrogen (secondary N) is 1. The Labute approximate surface area is 164 Å². The standard InChI is InChI=1S/C23H22FN3O/c1-16-14-18-7-3-5-9-22(18)27(16)19-10-11-21(26-15-19)23(28)25-13-12-17-6-2-4-8-20(17)24/h2-11,15-16H,12-14H2,1H3,(H,25,28). The number of para-hydroxylation sites is 1. The first-order chi connectivity index (χ1) is 13.6. The lowest BCUT2D eigenvalue weighted by molar-refractivity contribution is 0.0949. The van der Waals surface area contributed by atoms with Gasteiger partial charge in [-0.2, -0.15) is 0 Å². The van der Waals surface area contributed by atoms with E-state index >= 15 is 0 Å². The van der Waals surface area contributed by atoms with Gasteiger partial charge in [0, 0.05) is 18.3 Å². The van der Waals surface area contributed by atoms with Crippen molar-refractivity contribution in [1.82, 2.24) is 10.3 Å². The fraction of sp³-hybridized carbons (Fsp3) is 0.217. The molecule has 0 bridgehead atoms. The van der Waals surface area contributed by atoms with Gasteiger partial charge in [-0.1, -0.05) is 36.4 Å². The Morgan fingerprint density at radius 2 is 1.93 bits per heavy atom. The van der Waals surface area contributed by atoms with E-state index in [4.69, 9.17) is 0 Å². The summed E-state index contributed by atoms with van der Waals surface area (Å²) < 4.78 is 13.6. The predicted molar refractivity (Wildman–Crippen MR) is 108 cm³/mol. The second-order valence-corrected chi connectivity index (χ2v) is 7.05. The van der Waals surface area contributed by atoms with Crippen molar-refractivity contribution >= 4 is 17.3 Å². The Morgan fingerprint density at radius 3 is 2.71 bits per heavy atom. The van der Waals surface area contributed by atoms with Crippen LogP contribution in [0.15, 0.2) is 66.9 Å². The summed E-state index contributed by atoms with van der Waals surface area (Å²) in [5, 5.41) is 2.81. The van der Waals surface area contributed by atoms with Crippen molar-refractivity contribution in [3.8, 4) is 0 Å². The van der Waals surface area contributed by atoms with Crippen LogP contribution in [0.3, 0.4) is 0 Å². The van der Waals surface area contributed by atoms with Crippen LogP contribution in [0.2, 0.25) is 0 Å². The fourth-order valence-electron chi connectivity index (χ4n) is 3.72. The molecule has 28 heavy (non-hydrogen) atoms. The molecular weight excluding hydrogens is 353 g/mol. The van der Waals surface area contributed by atoms with Crippen molar-refractivity contribution in [3.05, 3.63) is 89.5 Å². The van der Waals surface area contributed by atoms with Crippen LogP contribution >= 0.6 is 0 Å². The van der Waals surface area contributed by atoms with Crippen molar-refractivity contribution in [2.75, 3.05) is 11.4 Å². The van der Waals surface area contributed by atoms with Gasteiger partial charge in [-0.15, -0.1) is 0 Å². The van der Waals surface area contributed by atoms with Gasteiger partial charge in [0.1, 0.15) is 11.5 Å². The average molecular weight is 375 g/mol. The smallest absolute Gasteiger partial charge is 0.269 e. The van der Waals surface area contributed by atoms with Gasteiger partial charge in [-0.05, 0) is 55.2 Å². The number of nitrogens with zero attached hydrogens (tertiary/aromatic N) is 2. The molecule has 1 atom stereocenters. The van der Waals surface area contributed by atoms with Crippen molar-refractivity contribution in [3.63, 3.8) is 0 Å². The highest BCUT2D eigenvalue weighted by Crippen LogP contribution is 2.37. The van der Waals surface area contributed by atoms with E-state index in [1.807, 2.05) is 12.1 Å². The van der Waals surface area contributed by atoms with E-state index in [-0.39, 0.29) is 11.7 Å². The molecule has 1 unspecified atom stereocenters. The first-order valence-corrected chi connectivity index (χ1v) is 9.48. The molecule has 1 amide bonds. The molecule has 0 aliphatic carbocycles. The number of halogens is 1. The summed E-state index contributed by atoms with van der Waals surface area (Å²) in [5.74, 6) is -0.503. The van der Waals surface area contributed by atoms with Crippen LogP contribution in [-0.2, 0) is 12.8 Å². The van der Waals surface area contributed by atoms with Crippen LogP contribution in [0.25, 0.3) is 0 Å². The summed E-state index contributed by atoms with van der Waals surface area (Å²) in [4.78, 5) is 18.9. The van der Waals surface area contributed by atoms with Crippen molar-refractivity contribution in [1.29, 1.82) is 0 Å². The lowest BCUT2D eigenvalue weighted by Gasteiger charge is -2.24. The lowest BCUT2D eigenvalue weighted by Crippen LogP contribution is -2.27. The summed E-state index contributed by atoms with van der Waals surface area (Å²) in [5.41, 5.74) is 4.44. The van der Waals surface area contributed by atoms with Crippen LogP contribution < -0.4 is 10.2 Å². The fourth-order valence-corrected chi connectivity index (χ4v) is 3.72. The number of aromatic nitrogens is 1. The summed E-state index contributed by atoms with van der Waals surface area (Å²) in [6.07, 6.45) is 3.18. The maximum atomic E-state index is 13.6. The zero-order valence-electron chi connectivity index (χ0n) is 15.7. The van der Waals surface area contributed by atoms with E-state index < -0.39 is 0 Å². The Bertz CT molecular complexity index is 987. The molecular formula is C23H22FN3O. The van der Waals surface area contributed by atoms with Crippen LogP contribution in [0, 0.1) is 5.82 Å². The van der Waals surface area contributed by atoms with Crippen molar-refractivity contribution in [2.45, 2.75) is 25.8 Å². The lowest BCUT2D eigenvalue weighted by atomic mass is 10.1. The first kappa shape index (κ1) is 18.2. The average Bonchev–Trinajstić information content (AvgIpc) is 3.05. The van der Waals surface area contributed by atoms with Gasteiger partial charge in [-0.3, -0.25) is 4.79 Å². The zero-order chi connectivity index (χ0) is 19.5. The molecule has 1 N–H and O–H groups in total. The van der Waals surface area contributed by atoms with E-state index in [1.54, 1.807) is 30.5 Å². The van der Waals surface area contributed by atoms with Crippen LogP contribution in [-0.4, -0.2) is 23.5 Å². The molecule has 0 fully saturated rings. The minimum absolute atomic E-state index is 0.251. The molecule has 2 heterocycles. The summed E-state index contributed by atoms with van der Waals surface area (Å²) in [6.45, 7) is 2.54. The topological polar surface area (TPSA) is 45.2 Å². The zero-order valence-corrected chi connectivity index (χ0v) is 15.7. The molecule has 142 valence electrons. The van der Waals surface area contributed by atoms with Crippen LogP contribution in [0.1, 0.15) is 28.5 Å². The van der Waals surface area contributed by atoms with E-state index in [0.717, 1.165) is 12.1 Å². The SMILES string of the molecule is CC1Cc2ccccc2N1c1ccc(C(=O)NCCc2ccccc2F)nc1. The third-order valence-corrected chi connectivity index (χ3v) is 5.10. The summed E-state index contributed by atoms with van der Waals surface area (Å²) in [6, 6.07) is 19.0. The Kier molecular flexibility index (Phi) is 5.06. The molecule has 2 aromatic carbocycles. The minimum Gasteiger partial charge on any atom is -0.350 e.